The number of aliphatic hydroxyl groups excluding tert-OH is 1. The summed E-state index contributed by atoms with van der Waals surface area (Å²) in [5.74, 6) is -2.16. The molecule has 0 atom stereocenters. The van der Waals surface area contributed by atoms with Crippen LogP contribution in [0, 0.1) is 0 Å². The van der Waals surface area contributed by atoms with Gasteiger partial charge >= 0.3 is 0 Å². The van der Waals surface area contributed by atoms with E-state index < -0.39 is 26.5 Å². The third-order valence-corrected chi connectivity index (χ3v) is 2.01. The summed E-state index contributed by atoms with van der Waals surface area (Å²) in [6.45, 7) is 0.874. The molecule has 0 bridgehead atoms. The number of carbonyl (C=O) groups excluding carboxylic acids is 2. The molecule has 0 aliphatic heterocycles. The zero-order valence-corrected chi connectivity index (χ0v) is 6.96. The fourth-order valence-corrected chi connectivity index (χ4v) is 1.32. The van der Waals surface area contributed by atoms with Crippen LogP contribution in [0.15, 0.2) is 10.7 Å². The van der Waals surface area contributed by atoms with Gasteiger partial charge in [0.2, 0.25) is 10.0 Å². The van der Waals surface area contributed by atoms with Crippen LogP contribution in [-0.2, 0) is 19.6 Å². The SMILES string of the molecule is CC(=O)/C(=C(\O)C=O)S(N)(=O)=O. The number of ketones is 1. The molecule has 0 radical (unpaired) electrons. The molecule has 0 aromatic heterocycles. The highest BCUT2D eigenvalue weighted by molar-refractivity contribution is 7.94. The number of aliphatic hydroxyl groups is 1. The normalized spacial score (nSPS) is 13.5. The molecule has 0 unspecified atom stereocenters. The first-order valence-corrected chi connectivity index (χ1v) is 4.27. The van der Waals surface area contributed by atoms with Crippen LogP contribution in [0.3, 0.4) is 0 Å². The van der Waals surface area contributed by atoms with Gasteiger partial charge in [-0.15, -0.1) is 0 Å². The van der Waals surface area contributed by atoms with E-state index in [9.17, 15) is 18.0 Å². The second-order valence-electron chi connectivity index (χ2n) is 1.93. The van der Waals surface area contributed by atoms with Crippen molar-refractivity contribution in [2.24, 2.45) is 5.14 Å². The molecule has 0 saturated heterocycles. The van der Waals surface area contributed by atoms with Gasteiger partial charge in [0.05, 0.1) is 0 Å². The number of hydrogen-bond donors (Lipinski definition) is 2. The summed E-state index contributed by atoms with van der Waals surface area (Å²) in [4.78, 5) is 19.4. The van der Waals surface area contributed by atoms with Crippen LogP contribution in [-0.4, -0.2) is 25.6 Å². The minimum Gasteiger partial charge on any atom is -0.504 e. The van der Waals surface area contributed by atoms with Crippen LogP contribution < -0.4 is 5.14 Å². The predicted octanol–water partition coefficient (Wildman–Crippen LogP) is -1.17. The highest BCUT2D eigenvalue weighted by Gasteiger charge is 2.22. The van der Waals surface area contributed by atoms with Crippen LogP contribution in [0.2, 0.25) is 0 Å². The number of sulfonamides is 1. The molecule has 7 heteroatoms. The Morgan fingerprint density at radius 2 is 1.92 bits per heavy atom. The Kier molecular flexibility index (Phi) is 3.11. The van der Waals surface area contributed by atoms with E-state index in [-0.39, 0.29) is 6.29 Å². The summed E-state index contributed by atoms with van der Waals surface area (Å²) < 4.78 is 21.1. The standard InChI is InChI=1S/C5H7NO5S/c1-3(8)5(4(9)2-7)12(6,10)11/h2,9H,1H3,(H2,6,10,11)/b5-4+. The first-order chi connectivity index (χ1) is 5.30. The van der Waals surface area contributed by atoms with Gasteiger partial charge in [0.1, 0.15) is 0 Å². The maximum absolute atomic E-state index is 10.6. The van der Waals surface area contributed by atoms with Gasteiger partial charge in [-0.2, -0.15) is 0 Å². The summed E-state index contributed by atoms with van der Waals surface area (Å²) in [6.07, 6.45) is -0.166. The summed E-state index contributed by atoms with van der Waals surface area (Å²) in [6, 6.07) is 0. The number of primary sulfonamides is 1. The zero-order chi connectivity index (χ0) is 9.94. The highest BCUT2D eigenvalue weighted by atomic mass is 32.2. The number of Topliss-reactive ketones (excluding diaryl/α,β-unsaturated/α-hetero) is 1. The van der Waals surface area contributed by atoms with Gasteiger partial charge in [-0.1, -0.05) is 0 Å². The van der Waals surface area contributed by atoms with E-state index in [0.29, 0.717) is 0 Å². The van der Waals surface area contributed by atoms with Crippen molar-refractivity contribution in [1.29, 1.82) is 0 Å². The molecule has 0 saturated carbocycles. The molecule has 3 N–H and O–H groups in total. The van der Waals surface area contributed by atoms with Gasteiger partial charge < -0.3 is 5.11 Å². The van der Waals surface area contributed by atoms with Gasteiger partial charge in [-0.3, -0.25) is 9.59 Å². The largest absolute Gasteiger partial charge is 0.504 e. The van der Waals surface area contributed by atoms with Gasteiger partial charge in [-0.05, 0) is 0 Å². The van der Waals surface area contributed by atoms with Crippen molar-refractivity contribution in [3.8, 4) is 0 Å². The van der Waals surface area contributed by atoms with Crippen LogP contribution in [0.4, 0.5) is 0 Å². The first-order valence-electron chi connectivity index (χ1n) is 2.73. The van der Waals surface area contributed by atoms with E-state index in [0.717, 1.165) is 6.92 Å². The Balaban J connectivity index is 5.53. The van der Waals surface area contributed by atoms with Crippen molar-refractivity contribution in [2.75, 3.05) is 0 Å². The van der Waals surface area contributed by atoms with E-state index in [4.69, 9.17) is 5.11 Å². The Bertz CT molecular complexity index is 339. The minimum atomic E-state index is -4.33. The molecule has 0 amide bonds. The number of carbonyl (C=O) groups is 2. The van der Waals surface area contributed by atoms with Gasteiger partial charge in [-0.25, -0.2) is 13.6 Å². The van der Waals surface area contributed by atoms with Crippen molar-refractivity contribution in [3.05, 3.63) is 10.7 Å². The molecule has 0 aromatic carbocycles. The first kappa shape index (κ1) is 10.8. The van der Waals surface area contributed by atoms with Crippen molar-refractivity contribution in [3.63, 3.8) is 0 Å². The zero-order valence-electron chi connectivity index (χ0n) is 6.14. The van der Waals surface area contributed by atoms with E-state index in [1.165, 1.54) is 0 Å². The predicted molar refractivity (Wildman–Crippen MR) is 39.5 cm³/mol. The Morgan fingerprint density at radius 3 is 2.00 bits per heavy atom. The van der Waals surface area contributed by atoms with E-state index in [1.54, 1.807) is 0 Å². The number of hydrogen-bond acceptors (Lipinski definition) is 5. The molecule has 6 nitrogen and oxygen atoms in total. The second-order valence-corrected chi connectivity index (χ2v) is 3.43. The molecular weight excluding hydrogens is 186 g/mol. The Hall–Kier alpha value is -1.21. The molecular formula is C5H7NO5S. The molecule has 0 aromatic rings. The average Bonchev–Trinajstić information content (AvgIpc) is 1.83. The van der Waals surface area contributed by atoms with Crippen LogP contribution in [0.5, 0.6) is 0 Å². The second kappa shape index (κ2) is 3.46. The lowest BCUT2D eigenvalue weighted by Gasteiger charge is -1.99. The summed E-state index contributed by atoms with van der Waals surface area (Å²) in [7, 11) is -4.33. The summed E-state index contributed by atoms with van der Waals surface area (Å²) in [5, 5.41) is 13.2. The third kappa shape index (κ3) is 2.44. The van der Waals surface area contributed by atoms with Gasteiger partial charge in [0.25, 0.3) is 0 Å². The van der Waals surface area contributed by atoms with Gasteiger partial charge in [0.15, 0.2) is 22.7 Å². The number of allylic oxidation sites excluding steroid dienone is 2. The molecule has 68 valence electrons. The Labute approximate surface area is 68.7 Å². The molecule has 12 heavy (non-hydrogen) atoms. The molecule has 0 rings (SSSR count). The van der Waals surface area contributed by atoms with Crippen molar-refractivity contribution in [2.45, 2.75) is 6.92 Å². The van der Waals surface area contributed by atoms with E-state index in [2.05, 4.69) is 5.14 Å². The maximum Gasteiger partial charge on any atom is 0.245 e. The summed E-state index contributed by atoms with van der Waals surface area (Å²) in [5.41, 5.74) is 0. The van der Waals surface area contributed by atoms with Crippen LogP contribution in [0.1, 0.15) is 6.92 Å². The minimum absolute atomic E-state index is 0.166. The summed E-state index contributed by atoms with van der Waals surface area (Å²) >= 11 is 0. The fraction of sp³-hybridized carbons (Fsp3) is 0.200. The lowest BCUT2D eigenvalue weighted by Crippen LogP contribution is -2.21. The van der Waals surface area contributed by atoms with Crippen LogP contribution >= 0.6 is 0 Å². The molecule has 0 aliphatic rings. The molecule has 0 spiro atoms. The van der Waals surface area contributed by atoms with Crippen molar-refractivity contribution in [1.82, 2.24) is 0 Å². The highest BCUT2D eigenvalue weighted by Crippen LogP contribution is 2.06. The number of rotatable bonds is 3. The van der Waals surface area contributed by atoms with E-state index >= 15 is 0 Å². The molecule has 0 aliphatic carbocycles. The van der Waals surface area contributed by atoms with Crippen molar-refractivity contribution >= 4 is 22.1 Å². The third-order valence-electron chi connectivity index (χ3n) is 0.949. The topological polar surface area (TPSA) is 115 Å². The maximum atomic E-state index is 10.6. The Morgan fingerprint density at radius 1 is 1.50 bits per heavy atom. The smallest absolute Gasteiger partial charge is 0.245 e. The fourth-order valence-electron chi connectivity index (χ4n) is 0.580. The monoisotopic (exact) mass is 193 g/mol. The van der Waals surface area contributed by atoms with Gasteiger partial charge in [0, 0.05) is 6.92 Å². The number of aldehydes is 1. The average molecular weight is 193 g/mol. The lowest BCUT2D eigenvalue weighted by atomic mass is 10.3. The quantitative estimate of drug-likeness (QED) is 0.333. The number of nitrogens with two attached hydrogens (primary N) is 1. The molecule has 0 heterocycles. The lowest BCUT2D eigenvalue weighted by molar-refractivity contribution is -0.114. The van der Waals surface area contributed by atoms with Crippen LogP contribution in [0.25, 0.3) is 0 Å². The van der Waals surface area contributed by atoms with E-state index in [1.807, 2.05) is 0 Å². The van der Waals surface area contributed by atoms with Crippen molar-refractivity contribution < 1.29 is 23.1 Å². The molecule has 0 fully saturated rings.